The summed E-state index contributed by atoms with van der Waals surface area (Å²) in [5, 5.41) is 1.84. The highest BCUT2D eigenvalue weighted by Crippen LogP contribution is 2.26. The van der Waals surface area contributed by atoms with E-state index in [1.165, 1.54) is 12.1 Å². The van der Waals surface area contributed by atoms with Crippen LogP contribution in [0.3, 0.4) is 0 Å². The van der Waals surface area contributed by atoms with Gasteiger partial charge in [0.2, 0.25) is 0 Å². The van der Waals surface area contributed by atoms with Crippen molar-refractivity contribution in [3.8, 4) is 0 Å². The lowest BCUT2D eigenvalue weighted by molar-refractivity contribution is 0.617. The summed E-state index contributed by atoms with van der Waals surface area (Å²) in [6, 6.07) is 10.5. The number of hydrogen-bond acceptors (Lipinski definition) is 1. The molecule has 1 unspecified atom stereocenters. The third kappa shape index (κ3) is 3.25. The predicted molar refractivity (Wildman–Crippen MR) is 83.4 cm³/mol. The van der Waals surface area contributed by atoms with E-state index in [0.717, 1.165) is 16.3 Å². The highest BCUT2D eigenvalue weighted by atomic mass is 32.2. The maximum Gasteiger partial charge on any atom is 0.123 e. The van der Waals surface area contributed by atoms with Crippen LogP contribution in [0.5, 0.6) is 0 Å². The van der Waals surface area contributed by atoms with Gasteiger partial charge in [0.1, 0.15) is 5.82 Å². The van der Waals surface area contributed by atoms with Crippen molar-refractivity contribution < 1.29 is 8.60 Å². The summed E-state index contributed by atoms with van der Waals surface area (Å²) >= 11 is 0. The molecule has 2 aromatic rings. The summed E-state index contributed by atoms with van der Waals surface area (Å²) in [6.45, 7) is 7.77. The standard InChI is InChI=1S/C16H20FNOS/c1-11(18-20(19)16(2,3)4)14-7-5-6-12-10-13(17)8-9-15(12)14/h5-11,18H,1-4H3/t11-,20?/m1/s1. The zero-order valence-electron chi connectivity index (χ0n) is 12.2. The van der Waals surface area contributed by atoms with Crippen molar-refractivity contribution >= 4 is 21.8 Å². The van der Waals surface area contributed by atoms with Crippen LogP contribution in [0.2, 0.25) is 0 Å². The van der Waals surface area contributed by atoms with Crippen LogP contribution in [0.25, 0.3) is 10.8 Å². The van der Waals surface area contributed by atoms with Crippen molar-refractivity contribution in [3.05, 3.63) is 47.8 Å². The smallest absolute Gasteiger partial charge is 0.123 e. The molecule has 2 rings (SSSR count). The van der Waals surface area contributed by atoms with Crippen molar-refractivity contribution in [2.75, 3.05) is 0 Å². The first kappa shape index (κ1) is 15.1. The van der Waals surface area contributed by atoms with Gasteiger partial charge in [-0.05, 0) is 56.2 Å². The zero-order valence-corrected chi connectivity index (χ0v) is 13.1. The van der Waals surface area contributed by atoms with Gasteiger partial charge in [-0.1, -0.05) is 24.3 Å². The molecular weight excluding hydrogens is 273 g/mol. The molecule has 0 aliphatic heterocycles. The van der Waals surface area contributed by atoms with Gasteiger partial charge in [0, 0.05) is 6.04 Å². The van der Waals surface area contributed by atoms with Crippen LogP contribution in [-0.4, -0.2) is 8.96 Å². The van der Waals surface area contributed by atoms with E-state index in [2.05, 4.69) is 4.72 Å². The van der Waals surface area contributed by atoms with E-state index < -0.39 is 11.0 Å². The van der Waals surface area contributed by atoms with Gasteiger partial charge in [0.15, 0.2) is 0 Å². The molecule has 0 aromatic heterocycles. The summed E-state index contributed by atoms with van der Waals surface area (Å²) in [7, 11) is -1.14. The highest BCUT2D eigenvalue weighted by molar-refractivity contribution is 7.84. The first-order chi connectivity index (χ1) is 9.29. The van der Waals surface area contributed by atoms with Crippen molar-refractivity contribution in [3.63, 3.8) is 0 Å². The van der Waals surface area contributed by atoms with E-state index in [9.17, 15) is 8.60 Å². The molecule has 1 N–H and O–H groups in total. The molecule has 0 saturated heterocycles. The number of halogens is 1. The van der Waals surface area contributed by atoms with E-state index in [4.69, 9.17) is 0 Å². The largest absolute Gasteiger partial charge is 0.242 e. The van der Waals surface area contributed by atoms with Crippen molar-refractivity contribution in [1.82, 2.24) is 4.72 Å². The van der Waals surface area contributed by atoms with Crippen molar-refractivity contribution in [2.24, 2.45) is 0 Å². The molecule has 2 atom stereocenters. The Kier molecular flexibility index (Phi) is 4.25. The Morgan fingerprint density at radius 3 is 2.55 bits per heavy atom. The third-order valence-corrected chi connectivity index (χ3v) is 4.86. The fourth-order valence-corrected chi connectivity index (χ4v) is 2.86. The van der Waals surface area contributed by atoms with Crippen LogP contribution in [0, 0.1) is 5.82 Å². The Labute approximate surface area is 122 Å². The van der Waals surface area contributed by atoms with Crippen LogP contribution >= 0.6 is 0 Å². The maximum atomic E-state index is 13.3. The second kappa shape index (κ2) is 5.62. The first-order valence-electron chi connectivity index (χ1n) is 6.65. The van der Waals surface area contributed by atoms with Gasteiger partial charge in [0.05, 0.1) is 15.7 Å². The molecule has 0 aliphatic carbocycles. The lowest BCUT2D eigenvalue weighted by atomic mass is 10.0. The van der Waals surface area contributed by atoms with E-state index >= 15 is 0 Å². The summed E-state index contributed by atoms with van der Waals surface area (Å²) < 4.78 is 28.3. The van der Waals surface area contributed by atoms with Crippen LogP contribution in [0.1, 0.15) is 39.3 Å². The molecule has 0 radical (unpaired) electrons. The normalized spacial score (nSPS) is 15.2. The van der Waals surface area contributed by atoms with Crippen LogP contribution < -0.4 is 4.72 Å². The molecular formula is C16H20FNOS. The molecule has 2 nitrogen and oxygen atoms in total. The fourth-order valence-electron chi connectivity index (χ4n) is 2.06. The van der Waals surface area contributed by atoms with E-state index in [1.807, 2.05) is 45.9 Å². The van der Waals surface area contributed by atoms with Crippen LogP contribution in [-0.2, 0) is 11.0 Å². The quantitative estimate of drug-likeness (QED) is 0.907. The molecule has 0 amide bonds. The molecule has 4 heteroatoms. The highest BCUT2D eigenvalue weighted by Gasteiger charge is 2.22. The monoisotopic (exact) mass is 293 g/mol. The predicted octanol–water partition coefficient (Wildman–Crippen LogP) is 4.09. The average Bonchev–Trinajstić information content (AvgIpc) is 2.36. The Hall–Kier alpha value is -1.26. The number of hydrogen-bond donors (Lipinski definition) is 1. The Morgan fingerprint density at radius 2 is 1.90 bits per heavy atom. The summed E-state index contributed by atoms with van der Waals surface area (Å²) in [4.78, 5) is 0. The third-order valence-electron chi connectivity index (χ3n) is 3.18. The number of nitrogens with one attached hydrogen (secondary N) is 1. The van der Waals surface area contributed by atoms with Gasteiger partial charge in [-0.25, -0.2) is 13.3 Å². The van der Waals surface area contributed by atoms with Gasteiger partial charge >= 0.3 is 0 Å². The van der Waals surface area contributed by atoms with Gasteiger partial charge in [-0.3, -0.25) is 0 Å². The molecule has 108 valence electrons. The molecule has 0 fully saturated rings. The van der Waals surface area contributed by atoms with Gasteiger partial charge in [-0.15, -0.1) is 0 Å². The molecule has 0 heterocycles. The van der Waals surface area contributed by atoms with E-state index in [1.54, 1.807) is 6.07 Å². The zero-order chi connectivity index (χ0) is 14.9. The van der Waals surface area contributed by atoms with Crippen molar-refractivity contribution in [2.45, 2.75) is 38.5 Å². The number of fused-ring (bicyclic) bond motifs is 1. The average molecular weight is 293 g/mol. The minimum Gasteiger partial charge on any atom is -0.242 e. The fraction of sp³-hybridized carbons (Fsp3) is 0.375. The summed E-state index contributed by atoms with van der Waals surface area (Å²) in [5.41, 5.74) is 1.03. The van der Waals surface area contributed by atoms with Crippen molar-refractivity contribution in [1.29, 1.82) is 0 Å². The lowest BCUT2D eigenvalue weighted by Crippen LogP contribution is -2.34. The van der Waals surface area contributed by atoms with Crippen LogP contribution in [0.4, 0.5) is 4.39 Å². The molecule has 0 saturated carbocycles. The van der Waals surface area contributed by atoms with Gasteiger partial charge in [0.25, 0.3) is 0 Å². The Balaban J connectivity index is 2.35. The topological polar surface area (TPSA) is 29.1 Å². The Morgan fingerprint density at radius 1 is 1.20 bits per heavy atom. The van der Waals surface area contributed by atoms with Gasteiger partial charge in [-0.2, -0.15) is 0 Å². The lowest BCUT2D eigenvalue weighted by Gasteiger charge is -2.23. The second-order valence-electron chi connectivity index (χ2n) is 5.93. The van der Waals surface area contributed by atoms with Gasteiger partial charge < -0.3 is 0 Å². The maximum absolute atomic E-state index is 13.3. The number of rotatable bonds is 3. The molecule has 0 aliphatic rings. The number of benzene rings is 2. The van der Waals surface area contributed by atoms with E-state index in [0.29, 0.717) is 0 Å². The molecule has 20 heavy (non-hydrogen) atoms. The molecule has 0 spiro atoms. The summed E-state index contributed by atoms with van der Waals surface area (Å²) in [5.74, 6) is -0.242. The first-order valence-corrected chi connectivity index (χ1v) is 7.80. The Bertz CT molecular complexity index is 648. The summed E-state index contributed by atoms with van der Waals surface area (Å²) in [6.07, 6.45) is 0. The molecule has 0 bridgehead atoms. The van der Waals surface area contributed by atoms with Crippen LogP contribution in [0.15, 0.2) is 36.4 Å². The minimum absolute atomic E-state index is 0.0655. The minimum atomic E-state index is -1.14. The molecule has 2 aromatic carbocycles. The second-order valence-corrected chi connectivity index (χ2v) is 7.93. The SMILES string of the molecule is C[C@@H](NS(=O)C(C)(C)C)c1cccc2cc(F)ccc12. The van der Waals surface area contributed by atoms with E-state index in [-0.39, 0.29) is 16.6 Å².